The van der Waals surface area contributed by atoms with E-state index in [1.54, 1.807) is 0 Å². The lowest BCUT2D eigenvalue weighted by atomic mass is 9.78. The molecule has 2 aliphatic carbocycles. The first kappa shape index (κ1) is 16.3. The lowest BCUT2D eigenvalue weighted by Gasteiger charge is -2.44. The zero-order chi connectivity index (χ0) is 14.5. The minimum Gasteiger partial charge on any atom is -0.330 e. The van der Waals surface area contributed by atoms with Gasteiger partial charge in [-0.25, -0.2) is 0 Å². The highest BCUT2D eigenvalue weighted by Gasteiger charge is 2.33. The number of hydrogen-bond donors (Lipinski definition) is 1. The first-order chi connectivity index (χ1) is 9.61. The van der Waals surface area contributed by atoms with Gasteiger partial charge >= 0.3 is 0 Å². The van der Waals surface area contributed by atoms with Crippen LogP contribution in [0.25, 0.3) is 0 Å². The molecule has 20 heavy (non-hydrogen) atoms. The highest BCUT2D eigenvalue weighted by Crippen LogP contribution is 2.35. The average molecular weight is 280 g/mol. The van der Waals surface area contributed by atoms with Crippen molar-refractivity contribution in [1.82, 2.24) is 4.90 Å². The van der Waals surface area contributed by atoms with Crippen LogP contribution >= 0.6 is 0 Å². The predicted molar refractivity (Wildman–Crippen MR) is 87.8 cm³/mol. The monoisotopic (exact) mass is 280 g/mol. The van der Waals surface area contributed by atoms with Gasteiger partial charge in [-0.2, -0.15) is 0 Å². The summed E-state index contributed by atoms with van der Waals surface area (Å²) in [4.78, 5) is 2.74. The lowest BCUT2D eigenvalue weighted by molar-refractivity contribution is 0.0581. The van der Waals surface area contributed by atoms with Crippen LogP contribution in [0.3, 0.4) is 0 Å². The molecular weight excluding hydrogens is 244 g/mol. The van der Waals surface area contributed by atoms with Crippen LogP contribution in [-0.2, 0) is 0 Å². The Kier molecular flexibility index (Phi) is 6.35. The molecule has 0 radical (unpaired) electrons. The lowest BCUT2D eigenvalue weighted by Crippen LogP contribution is -2.49. The molecular formula is C18H36N2. The molecule has 0 aromatic heterocycles. The van der Waals surface area contributed by atoms with E-state index >= 15 is 0 Å². The zero-order valence-corrected chi connectivity index (χ0v) is 14.0. The maximum absolute atomic E-state index is 6.03. The van der Waals surface area contributed by atoms with E-state index in [1.807, 2.05) is 0 Å². The van der Waals surface area contributed by atoms with Gasteiger partial charge in [-0.05, 0) is 63.5 Å². The first-order valence-corrected chi connectivity index (χ1v) is 9.03. The smallest absolute Gasteiger partial charge is 0.0135 e. The second kappa shape index (κ2) is 7.79. The van der Waals surface area contributed by atoms with Gasteiger partial charge in [0.25, 0.3) is 0 Å². The fourth-order valence-electron chi connectivity index (χ4n) is 4.78. The number of nitrogens with two attached hydrogens (primary N) is 1. The highest BCUT2D eigenvalue weighted by molar-refractivity contribution is 4.88. The van der Waals surface area contributed by atoms with E-state index in [1.165, 1.54) is 57.8 Å². The third-order valence-electron chi connectivity index (χ3n) is 5.83. The Hall–Kier alpha value is -0.0800. The van der Waals surface area contributed by atoms with Crippen LogP contribution in [0.15, 0.2) is 0 Å². The molecule has 0 saturated heterocycles. The minimum absolute atomic E-state index is 0.749. The van der Waals surface area contributed by atoms with E-state index in [0.717, 1.165) is 36.4 Å². The SMILES string of the molecule is CC(C)CC1CCCC(N(C)C2CCCCC2CN)C1. The average Bonchev–Trinajstić information content (AvgIpc) is 2.46. The molecule has 0 aliphatic heterocycles. The quantitative estimate of drug-likeness (QED) is 0.823. The third kappa shape index (κ3) is 4.21. The predicted octanol–water partition coefficient (Wildman–Crippen LogP) is 4.04. The minimum atomic E-state index is 0.749. The molecule has 2 rings (SSSR count). The Balaban J connectivity index is 1.91. The van der Waals surface area contributed by atoms with Crippen molar-refractivity contribution in [2.75, 3.05) is 13.6 Å². The maximum atomic E-state index is 6.03. The van der Waals surface area contributed by atoms with E-state index in [0.29, 0.717) is 0 Å². The molecule has 4 atom stereocenters. The summed E-state index contributed by atoms with van der Waals surface area (Å²) in [5, 5.41) is 0. The summed E-state index contributed by atoms with van der Waals surface area (Å²) < 4.78 is 0. The van der Waals surface area contributed by atoms with Crippen molar-refractivity contribution in [2.24, 2.45) is 23.5 Å². The van der Waals surface area contributed by atoms with Gasteiger partial charge in [0.05, 0.1) is 0 Å². The topological polar surface area (TPSA) is 29.3 Å². The molecule has 2 saturated carbocycles. The van der Waals surface area contributed by atoms with Gasteiger partial charge in [0.15, 0.2) is 0 Å². The van der Waals surface area contributed by atoms with Crippen LogP contribution < -0.4 is 5.73 Å². The van der Waals surface area contributed by atoms with Crippen molar-refractivity contribution in [3.8, 4) is 0 Å². The van der Waals surface area contributed by atoms with Crippen LogP contribution in [0, 0.1) is 17.8 Å². The Morgan fingerprint density at radius 3 is 2.50 bits per heavy atom. The summed E-state index contributed by atoms with van der Waals surface area (Å²) in [6.07, 6.45) is 12.7. The second-order valence-electron chi connectivity index (χ2n) is 7.83. The van der Waals surface area contributed by atoms with Crippen LogP contribution in [0.2, 0.25) is 0 Å². The van der Waals surface area contributed by atoms with Gasteiger partial charge in [-0.3, -0.25) is 0 Å². The molecule has 0 spiro atoms. The van der Waals surface area contributed by atoms with Gasteiger partial charge in [0, 0.05) is 12.1 Å². The van der Waals surface area contributed by atoms with Gasteiger partial charge < -0.3 is 10.6 Å². The van der Waals surface area contributed by atoms with E-state index in [-0.39, 0.29) is 0 Å². The van der Waals surface area contributed by atoms with E-state index in [4.69, 9.17) is 5.73 Å². The molecule has 118 valence electrons. The maximum Gasteiger partial charge on any atom is 0.0135 e. The van der Waals surface area contributed by atoms with Crippen molar-refractivity contribution in [1.29, 1.82) is 0 Å². The van der Waals surface area contributed by atoms with Gasteiger partial charge in [0.2, 0.25) is 0 Å². The molecule has 0 amide bonds. The molecule has 0 aromatic rings. The fourth-order valence-corrected chi connectivity index (χ4v) is 4.78. The Labute approximate surface area is 126 Å². The molecule has 2 fully saturated rings. The van der Waals surface area contributed by atoms with Crippen LogP contribution in [0.4, 0.5) is 0 Å². The largest absolute Gasteiger partial charge is 0.330 e. The summed E-state index contributed by atoms with van der Waals surface area (Å²) >= 11 is 0. The molecule has 2 N–H and O–H groups in total. The van der Waals surface area contributed by atoms with Crippen molar-refractivity contribution in [3.05, 3.63) is 0 Å². The van der Waals surface area contributed by atoms with Crippen molar-refractivity contribution in [2.45, 2.75) is 83.7 Å². The Bertz CT molecular complexity index is 277. The molecule has 2 aliphatic rings. The second-order valence-corrected chi connectivity index (χ2v) is 7.83. The standard InChI is InChI=1S/C18H36N2/c1-14(2)11-15-7-6-9-17(12-15)20(3)18-10-5-4-8-16(18)13-19/h14-18H,4-13,19H2,1-3H3. The van der Waals surface area contributed by atoms with E-state index in [2.05, 4.69) is 25.8 Å². The highest BCUT2D eigenvalue weighted by atomic mass is 15.2. The van der Waals surface area contributed by atoms with Crippen molar-refractivity contribution < 1.29 is 0 Å². The molecule has 2 nitrogen and oxygen atoms in total. The Morgan fingerprint density at radius 2 is 1.80 bits per heavy atom. The van der Waals surface area contributed by atoms with Crippen molar-refractivity contribution in [3.63, 3.8) is 0 Å². The molecule has 4 unspecified atom stereocenters. The van der Waals surface area contributed by atoms with Crippen LogP contribution in [0.5, 0.6) is 0 Å². The summed E-state index contributed by atoms with van der Waals surface area (Å²) in [6, 6.07) is 1.58. The van der Waals surface area contributed by atoms with E-state index in [9.17, 15) is 0 Å². The summed E-state index contributed by atoms with van der Waals surface area (Å²) in [6.45, 7) is 5.63. The molecule has 2 heteroatoms. The summed E-state index contributed by atoms with van der Waals surface area (Å²) in [5.41, 5.74) is 6.03. The Morgan fingerprint density at radius 1 is 1.05 bits per heavy atom. The summed E-state index contributed by atoms with van der Waals surface area (Å²) in [7, 11) is 2.39. The van der Waals surface area contributed by atoms with Crippen LogP contribution in [-0.4, -0.2) is 30.6 Å². The van der Waals surface area contributed by atoms with Gasteiger partial charge in [-0.15, -0.1) is 0 Å². The number of nitrogens with zero attached hydrogens (tertiary/aromatic N) is 1. The van der Waals surface area contributed by atoms with Crippen molar-refractivity contribution >= 4 is 0 Å². The molecule has 0 heterocycles. The third-order valence-corrected chi connectivity index (χ3v) is 5.83. The summed E-state index contributed by atoms with van der Waals surface area (Å²) in [5.74, 6) is 2.57. The van der Waals surface area contributed by atoms with Gasteiger partial charge in [0.1, 0.15) is 0 Å². The van der Waals surface area contributed by atoms with Gasteiger partial charge in [-0.1, -0.05) is 39.5 Å². The fraction of sp³-hybridized carbons (Fsp3) is 1.00. The zero-order valence-electron chi connectivity index (χ0n) is 14.0. The number of hydrogen-bond acceptors (Lipinski definition) is 2. The molecule has 0 aromatic carbocycles. The van der Waals surface area contributed by atoms with E-state index < -0.39 is 0 Å². The van der Waals surface area contributed by atoms with Crippen LogP contribution in [0.1, 0.15) is 71.6 Å². The molecule has 0 bridgehead atoms. The normalized spacial score (nSPS) is 35.7. The number of rotatable bonds is 5. The first-order valence-electron chi connectivity index (χ1n) is 9.03.